The molecule has 17 heavy (non-hydrogen) atoms. The highest BCUT2D eigenvalue weighted by atomic mass is 16.1. The van der Waals surface area contributed by atoms with Crippen LogP contribution in [-0.2, 0) is 11.3 Å². The van der Waals surface area contributed by atoms with Gasteiger partial charge in [-0.25, -0.2) is 0 Å². The van der Waals surface area contributed by atoms with Crippen LogP contribution in [0, 0.1) is 6.92 Å². The highest BCUT2D eigenvalue weighted by Gasteiger charge is 2.12. The third-order valence-electron chi connectivity index (χ3n) is 2.41. The summed E-state index contributed by atoms with van der Waals surface area (Å²) < 4.78 is 0. The van der Waals surface area contributed by atoms with E-state index in [0.717, 1.165) is 11.4 Å². The van der Waals surface area contributed by atoms with E-state index in [1.807, 2.05) is 39.0 Å². The number of hydrogen-bond donors (Lipinski definition) is 2. The minimum atomic E-state index is -0.293. The Hall–Kier alpha value is -1.42. The van der Waals surface area contributed by atoms with Crippen LogP contribution in [0.1, 0.15) is 38.1 Å². The molecule has 0 aliphatic heterocycles. The van der Waals surface area contributed by atoms with Crippen molar-refractivity contribution in [2.75, 3.05) is 0 Å². The molecule has 0 aliphatic carbocycles. The lowest BCUT2D eigenvalue weighted by Gasteiger charge is -2.17. The van der Waals surface area contributed by atoms with Crippen molar-refractivity contribution in [2.45, 2.75) is 45.7 Å². The van der Waals surface area contributed by atoms with Crippen molar-refractivity contribution >= 4 is 5.91 Å². The van der Waals surface area contributed by atoms with Gasteiger partial charge in [0.25, 0.3) is 0 Å². The van der Waals surface area contributed by atoms with Gasteiger partial charge in [0, 0.05) is 17.7 Å². The second-order valence-electron chi connectivity index (χ2n) is 5.04. The van der Waals surface area contributed by atoms with E-state index in [9.17, 15) is 4.79 Å². The molecule has 1 rings (SSSR count). The number of amides is 1. The number of carbonyl (C=O) groups is 1. The Balaban J connectivity index is 2.33. The summed E-state index contributed by atoms with van der Waals surface area (Å²) in [5.41, 5.74) is 7.36. The summed E-state index contributed by atoms with van der Waals surface area (Å²) in [6.07, 6.45) is 1.13. The van der Waals surface area contributed by atoms with Crippen molar-refractivity contribution in [3.63, 3.8) is 0 Å². The second-order valence-corrected chi connectivity index (χ2v) is 5.04. The minimum absolute atomic E-state index is 0.0202. The van der Waals surface area contributed by atoms with Gasteiger partial charge in [0.1, 0.15) is 0 Å². The number of nitrogens with one attached hydrogen (secondary N) is 1. The summed E-state index contributed by atoms with van der Waals surface area (Å²) in [5, 5.41) is 2.84. The molecule has 0 radical (unpaired) electrons. The third kappa shape index (κ3) is 6.02. The molecule has 0 fully saturated rings. The van der Waals surface area contributed by atoms with E-state index in [4.69, 9.17) is 5.73 Å². The summed E-state index contributed by atoms with van der Waals surface area (Å²) in [5.74, 6) is 0.0202. The van der Waals surface area contributed by atoms with E-state index < -0.39 is 0 Å². The van der Waals surface area contributed by atoms with Gasteiger partial charge >= 0.3 is 0 Å². The van der Waals surface area contributed by atoms with Crippen LogP contribution in [0.3, 0.4) is 0 Å². The summed E-state index contributed by atoms with van der Waals surface area (Å²) in [6, 6.07) is 5.77. The molecule has 0 aliphatic rings. The minimum Gasteiger partial charge on any atom is -0.350 e. The SMILES string of the molecule is Cc1cccc(CNC(=O)CCC(C)(C)N)n1. The van der Waals surface area contributed by atoms with Crippen LogP contribution in [0.25, 0.3) is 0 Å². The number of aromatic nitrogens is 1. The lowest BCUT2D eigenvalue weighted by molar-refractivity contribution is -0.121. The van der Waals surface area contributed by atoms with Gasteiger partial charge < -0.3 is 11.1 Å². The molecule has 3 N–H and O–H groups in total. The summed E-state index contributed by atoms with van der Waals surface area (Å²) in [4.78, 5) is 15.9. The molecule has 0 spiro atoms. The van der Waals surface area contributed by atoms with Crippen molar-refractivity contribution in [3.8, 4) is 0 Å². The predicted octanol–water partition coefficient (Wildman–Crippen LogP) is 1.52. The molecule has 1 aromatic heterocycles. The van der Waals surface area contributed by atoms with Crippen molar-refractivity contribution in [1.29, 1.82) is 0 Å². The highest BCUT2D eigenvalue weighted by Crippen LogP contribution is 2.06. The normalized spacial score (nSPS) is 11.3. The van der Waals surface area contributed by atoms with Crippen LogP contribution >= 0.6 is 0 Å². The van der Waals surface area contributed by atoms with Crippen LogP contribution in [0.4, 0.5) is 0 Å². The average Bonchev–Trinajstić information content (AvgIpc) is 2.23. The van der Waals surface area contributed by atoms with Crippen molar-refractivity contribution in [1.82, 2.24) is 10.3 Å². The zero-order chi connectivity index (χ0) is 12.9. The molecular weight excluding hydrogens is 214 g/mol. The van der Waals surface area contributed by atoms with Crippen molar-refractivity contribution in [3.05, 3.63) is 29.6 Å². The summed E-state index contributed by atoms with van der Waals surface area (Å²) >= 11 is 0. The van der Waals surface area contributed by atoms with Crippen molar-refractivity contribution < 1.29 is 4.79 Å². The fraction of sp³-hybridized carbons (Fsp3) is 0.538. The van der Waals surface area contributed by atoms with Crippen LogP contribution < -0.4 is 11.1 Å². The number of hydrogen-bond acceptors (Lipinski definition) is 3. The molecule has 1 amide bonds. The Morgan fingerprint density at radius 1 is 1.47 bits per heavy atom. The number of rotatable bonds is 5. The van der Waals surface area contributed by atoms with Crippen LogP contribution in [0.5, 0.6) is 0 Å². The molecule has 0 aromatic carbocycles. The van der Waals surface area contributed by atoms with E-state index in [0.29, 0.717) is 19.4 Å². The molecule has 0 bridgehead atoms. The number of pyridine rings is 1. The Kier molecular flexibility index (Phi) is 4.63. The maximum Gasteiger partial charge on any atom is 0.220 e. The Labute approximate surface area is 103 Å². The first kappa shape index (κ1) is 13.6. The molecule has 94 valence electrons. The van der Waals surface area contributed by atoms with Gasteiger partial charge in [0.15, 0.2) is 0 Å². The summed E-state index contributed by atoms with van der Waals surface area (Å²) in [7, 11) is 0. The number of nitrogens with two attached hydrogens (primary N) is 1. The van der Waals surface area contributed by atoms with Crippen LogP contribution in [0.15, 0.2) is 18.2 Å². The van der Waals surface area contributed by atoms with E-state index in [-0.39, 0.29) is 11.4 Å². The summed E-state index contributed by atoms with van der Waals surface area (Å²) in [6.45, 7) is 6.25. The Morgan fingerprint density at radius 3 is 2.76 bits per heavy atom. The van der Waals surface area contributed by atoms with Crippen molar-refractivity contribution in [2.24, 2.45) is 5.73 Å². The van der Waals surface area contributed by atoms with Gasteiger partial charge in [-0.1, -0.05) is 6.07 Å². The maximum atomic E-state index is 11.6. The second kappa shape index (κ2) is 5.77. The van der Waals surface area contributed by atoms with Gasteiger partial charge in [-0.05, 0) is 39.3 Å². The molecular formula is C13H21N3O. The molecule has 4 nitrogen and oxygen atoms in total. The zero-order valence-corrected chi connectivity index (χ0v) is 10.8. The number of aryl methyl sites for hydroxylation is 1. The van der Waals surface area contributed by atoms with E-state index >= 15 is 0 Å². The smallest absolute Gasteiger partial charge is 0.220 e. The quantitative estimate of drug-likeness (QED) is 0.813. The van der Waals surface area contributed by atoms with Gasteiger partial charge in [0.2, 0.25) is 5.91 Å². The van der Waals surface area contributed by atoms with Crippen LogP contribution in [-0.4, -0.2) is 16.4 Å². The van der Waals surface area contributed by atoms with Gasteiger partial charge in [-0.2, -0.15) is 0 Å². The molecule has 0 unspecified atom stereocenters. The first-order valence-electron chi connectivity index (χ1n) is 5.85. The lowest BCUT2D eigenvalue weighted by atomic mass is 10.00. The first-order valence-corrected chi connectivity index (χ1v) is 5.85. The van der Waals surface area contributed by atoms with Gasteiger partial charge in [-0.15, -0.1) is 0 Å². The standard InChI is InChI=1S/C13H21N3O/c1-10-5-4-6-11(16-10)9-15-12(17)7-8-13(2,3)14/h4-6H,7-9,14H2,1-3H3,(H,15,17). The lowest BCUT2D eigenvalue weighted by Crippen LogP contribution is -2.34. The highest BCUT2D eigenvalue weighted by molar-refractivity contribution is 5.75. The molecule has 1 aromatic rings. The van der Waals surface area contributed by atoms with Gasteiger partial charge in [-0.3, -0.25) is 9.78 Å². The van der Waals surface area contributed by atoms with E-state index in [1.165, 1.54) is 0 Å². The van der Waals surface area contributed by atoms with E-state index in [2.05, 4.69) is 10.3 Å². The molecule has 0 saturated carbocycles. The van der Waals surface area contributed by atoms with Gasteiger partial charge in [0.05, 0.1) is 12.2 Å². The zero-order valence-electron chi connectivity index (χ0n) is 10.8. The van der Waals surface area contributed by atoms with Crippen LogP contribution in [0.2, 0.25) is 0 Å². The molecule has 0 saturated heterocycles. The topological polar surface area (TPSA) is 68.0 Å². The van der Waals surface area contributed by atoms with E-state index in [1.54, 1.807) is 0 Å². The number of nitrogens with zero attached hydrogens (tertiary/aromatic N) is 1. The first-order chi connectivity index (χ1) is 7.87. The molecule has 0 atom stereocenters. The molecule has 1 heterocycles. The predicted molar refractivity (Wildman–Crippen MR) is 68.3 cm³/mol. The molecule has 4 heteroatoms. The fourth-order valence-corrected chi connectivity index (χ4v) is 1.41. The Morgan fingerprint density at radius 2 is 2.18 bits per heavy atom. The third-order valence-corrected chi connectivity index (χ3v) is 2.41. The largest absolute Gasteiger partial charge is 0.350 e. The average molecular weight is 235 g/mol. The monoisotopic (exact) mass is 235 g/mol. The Bertz CT molecular complexity index is 382. The maximum absolute atomic E-state index is 11.6. The fourth-order valence-electron chi connectivity index (χ4n) is 1.41. The number of carbonyl (C=O) groups excluding carboxylic acids is 1.